The van der Waals surface area contributed by atoms with Crippen LogP contribution in [-0.2, 0) is 16.6 Å². The van der Waals surface area contributed by atoms with Gasteiger partial charge in [-0.2, -0.15) is 0 Å². The van der Waals surface area contributed by atoms with Gasteiger partial charge < -0.3 is 10.1 Å². The molecule has 0 amide bonds. The topological polar surface area (TPSA) is 71.5 Å². The molecular formula is C19H21N3O3S2. The number of methoxy groups -OCH3 is 1. The second-order valence-electron chi connectivity index (χ2n) is 5.98. The number of benzene rings is 2. The van der Waals surface area contributed by atoms with Crippen LogP contribution in [0.4, 0.5) is 10.8 Å². The van der Waals surface area contributed by atoms with Crippen LogP contribution in [0.5, 0.6) is 5.75 Å². The van der Waals surface area contributed by atoms with E-state index in [0.29, 0.717) is 12.2 Å². The van der Waals surface area contributed by atoms with Gasteiger partial charge in [-0.05, 0) is 18.2 Å². The van der Waals surface area contributed by atoms with E-state index in [2.05, 4.69) is 10.3 Å². The molecule has 0 radical (unpaired) electrons. The van der Waals surface area contributed by atoms with Gasteiger partial charge in [-0.1, -0.05) is 30.3 Å². The highest BCUT2D eigenvalue weighted by atomic mass is 32.2. The van der Waals surface area contributed by atoms with Crippen LogP contribution in [0.3, 0.4) is 0 Å². The van der Waals surface area contributed by atoms with Crippen LogP contribution >= 0.6 is 11.3 Å². The molecule has 0 aliphatic rings. The highest BCUT2D eigenvalue weighted by Gasteiger charge is 2.12. The Labute approximate surface area is 163 Å². The van der Waals surface area contributed by atoms with Crippen molar-refractivity contribution in [2.75, 3.05) is 30.0 Å². The van der Waals surface area contributed by atoms with Crippen molar-refractivity contribution in [1.82, 2.24) is 4.98 Å². The zero-order valence-corrected chi connectivity index (χ0v) is 17.0. The molecule has 0 spiro atoms. The molecule has 8 heteroatoms. The molecule has 0 unspecified atom stereocenters. The molecule has 3 aromatic rings. The molecule has 0 aliphatic carbocycles. The fourth-order valence-electron chi connectivity index (χ4n) is 2.54. The lowest BCUT2D eigenvalue weighted by atomic mass is 10.1. The molecular weight excluding hydrogens is 382 g/mol. The third-order valence-corrected chi connectivity index (χ3v) is 6.16. The largest absolute Gasteiger partial charge is 0.496 e. The summed E-state index contributed by atoms with van der Waals surface area (Å²) in [4.78, 5) is 4.61. The summed E-state index contributed by atoms with van der Waals surface area (Å²) >= 11 is 1.52. The van der Waals surface area contributed by atoms with Gasteiger partial charge in [0.1, 0.15) is 5.75 Å². The Bertz CT molecular complexity index is 1010. The van der Waals surface area contributed by atoms with Crippen molar-refractivity contribution >= 4 is 32.2 Å². The lowest BCUT2D eigenvalue weighted by Crippen LogP contribution is -2.24. The van der Waals surface area contributed by atoms with E-state index in [4.69, 9.17) is 4.74 Å². The van der Waals surface area contributed by atoms with Crippen molar-refractivity contribution in [2.24, 2.45) is 0 Å². The smallest absolute Gasteiger partial charge is 0.231 e. The molecule has 0 saturated heterocycles. The van der Waals surface area contributed by atoms with Gasteiger partial charge >= 0.3 is 0 Å². The van der Waals surface area contributed by atoms with Gasteiger partial charge in [0, 0.05) is 30.1 Å². The lowest BCUT2D eigenvalue weighted by molar-refractivity contribution is 0.410. The van der Waals surface area contributed by atoms with Crippen LogP contribution in [0.1, 0.15) is 5.56 Å². The number of hydrogen-bond donors (Lipinski definition) is 1. The van der Waals surface area contributed by atoms with Crippen molar-refractivity contribution in [3.05, 3.63) is 59.5 Å². The van der Waals surface area contributed by atoms with Gasteiger partial charge in [-0.25, -0.2) is 13.4 Å². The highest BCUT2D eigenvalue weighted by Crippen LogP contribution is 2.28. The standard InChI is InChI=1S/C19H21N3O3S2/c1-22(27(3,23)24)16-10-8-14(9-11-16)17-13-26-19(21-17)20-12-15-6-4-5-7-18(15)25-2/h4-11,13H,12H2,1-3H3,(H,20,21). The Morgan fingerprint density at radius 1 is 1.15 bits per heavy atom. The number of nitrogens with one attached hydrogen (secondary N) is 1. The fraction of sp³-hybridized carbons (Fsp3) is 0.211. The van der Waals surface area contributed by atoms with Gasteiger partial charge in [-0.3, -0.25) is 4.31 Å². The summed E-state index contributed by atoms with van der Waals surface area (Å²) < 4.78 is 29.9. The first-order chi connectivity index (χ1) is 12.9. The van der Waals surface area contributed by atoms with Gasteiger partial charge in [-0.15, -0.1) is 11.3 Å². The highest BCUT2D eigenvalue weighted by molar-refractivity contribution is 7.92. The van der Waals surface area contributed by atoms with Crippen molar-refractivity contribution in [2.45, 2.75) is 6.54 Å². The molecule has 0 saturated carbocycles. The number of sulfonamides is 1. The first kappa shape index (κ1) is 19.2. The van der Waals surface area contributed by atoms with E-state index in [-0.39, 0.29) is 0 Å². The van der Waals surface area contributed by atoms with Gasteiger partial charge in [0.15, 0.2) is 5.13 Å². The quantitative estimate of drug-likeness (QED) is 0.649. The first-order valence-corrected chi connectivity index (χ1v) is 11.0. The molecule has 2 aromatic carbocycles. The van der Waals surface area contributed by atoms with Crippen LogP contribution in [0.2, 0.25) is 0 Å². The molecule has 0 aliphatic heterocycles. The molecule has 0 fully saturated rings. The number of hydrogen-bond acceptors (Lipinski definition) is 6. The number of ether oxygens (including phenoxy) is 1. The Hall–Kier alpha value is -2.58. The van der Waals surface area contributed by atoms with Gasteiger partial charge in [0.05, 0.1) is 24.7 Å². The zero-order chi connectivity index (χ0) is 19.4. The molecule has 27 heavy (non-hydrogen) atoms. The van der Waals surface area contributed by atoms with E-state index >= 15 is 0 Å². The predicted octanol–water partition coefficient (Wildman–Crippen LogP) is 3.83. The van der Waals surface area contributed by atoms with E-state index in [1.54, 1.807) is 19.2 Å². The van der Waals surface area contributed by atoms with E-state index in [1.807, 2.05) is 41.8 Å². The third kappa shape index (κ3) is 4.58. The van der Waals surface area contributed by atoms with E-state index in [0.717, 1.165) is 27.7 Å². The third-order valence-electron chi connectivity index (χ3n) is 4.15. The number of nitrogens with zero attached hydrogens (tertiary/aromatic N) is 2. The number of aromatic nitrogens is 1. The van der Waals surface area contributed by atoms with Crippen LogP contribution in [0, 0.1) is 0 Å². The molecule has 0 bridgehead atoms. The summed E-state index contributed by atoms with van der Waals surface area (Å²) in [5.74, 6) is 0.840. The van der Waals surface area contributed by atoms with Crippen LogP contribution in [-0.4, -0.2) is 33.8 Å². The Kier molecular flexibility index (Phi) is 5.67. The molecule has 1 heterocycles. The van der Waals surface area contributed by atoms with E-state index in [1.165, 1.54) is 28.9 Å². The minimum atomic E-state index is -3.27. The second-order valence-corrected chi connectivity index (χ2v) is 8.85. The van der Waals surface area contributed by atoms with Crippen LogP contribution in [0.25, 0.3) is 11.3 Å². The molecule has 3 rings (SSSR count). The summed E-state index contributed by atoms with van der Waals surface area (Å²) in [6.45, 7) is 0.620. The van der Waals surface area contributed by atoms with Gasteiger partial charge in [0.2, 0.25) is 10.0 Å². The molecule has 6 nitrogen and oxygen atoms in total. The lowest BCUT2D eigenvalue weighted by Gasteiger charge is -2.16. The Balaban J connectivity index is 1.70. The van der Waals surface area contributed by atoms with Crippen molar-refractivity contribution < 1.29 is 13.2 Å². The summed E-state index contributed by atoms with van der Waals surface area (Å²) in [6, 6.07) is 15.1. The SMILES string of the molecule is COc1ccccc1CNc1nc(-c2ccc(N(C)S(C)(=O)=O)cc2)cs1. The second kappa shape index (κ2) is 7.98. The van der Waals surface area contributed by atoms with Crippen LogP contribution in [0.15, 0.2) is 53.9 Å². The Morgan fingerprint density at radius 3 is 2.52 bits per heavy atom. The summed E-state index contributed by atoms with van der Waals surface area (Å²) in [5.41, 5.74) is 3.45. The van der Waals surface area contributed by atoms with Gasteiger partial charge in [0.25, 0.3) is 0 Å². The maximum absolute atomic E-state index is 11.6. The average molecular weight is 404 g/mol. The molecule has 0 atom stereocenters. The van der Waals surface area contributed by atoms with E-state index in [9.17, 15) is 8.42 Å². The number of thiazole rings is 1. The number of para-hydroxylation sites is 1. The minimum Gasteiger partial charge on any atom is -0.496 e. The minimum absolute atomic E-state index is 0.617. The van der Waals surface area contributed by atoms with Crippen molar-refractivity contribution in [1.29, 1.82) is 0 Å². The van der Waals surface area contributed by atoms with Crippen molar-refractivity contribution in [3.63, 3.8) is 0 Å². The monoisotopic (exact) mass is 403 g/mol. The van der Waals surface area contributed by atoms with Crippen molar-refractivity contribution in [3.8, 4) is 17.0 Å². The molecule has 1 aromatic heterocycles. The molecule has 1 N–H and O–H groups in total. The zero-order valence-electron chi connectivity index (χ0n) is 15.3. The van der Waals surface area contributed by atoms with Crippen LogP contribution < -0.4 is 14.4 Å². The number of anilines is 2. The molecule has 142 valence electrons. The van der Waals surface area contributed by atoms with E-state index < -0.39 is 10.0 Å². The first-order valence-electron chi connectivity index (χ1n) is 8.24. The summed E-state index contributed by atoms with van der Waals surface area (Å²) in [5, 5.41) is 6.10. The normalized spacial score (nSPS) is 11.2. The Morgan fingerprint density at radius 2 is 1.85 bits per heavy atom. The maximum Gasteiger partial charge on any atom is 0.231 e. The summed E-state index contributed by atoms with van der Waals surface area (Å²) in [7, 11) is -0.0765. The number of rotatable bonds is 7. The maximum atomic E-state index is 11.6. The fourth-order valence-corrected chi connectivity index (χ4v) is 3.76. The summed E-state index contributed by atoms with van der Waals surface area (Å²) in [6.07, 6.45) is 1.18. The predicted molar refractivity (Wildman–Crippen MR) is 111 cm³/mol. The average Bonchev–Trinajstić information content (AvgIpc) is 3.14.